The van der Waals surface area contributed by atoms with Gasteiger partial charge >= 0.3 is 5.97 Å². The number of rotatable bonds is 7. The van der Waals surface area contributed by atoms with Gasteiger partial charge in [-0.05, 0) is 44.6 Å². The van der Waals surface area contributed by atoms with Crippen molar-refractivity contribution < 1.29 is 14.7 Å². The molecular weight excluding hydrogens is 266 g/mol. The van der Waals surface area contributed by atoms with Gasteiger partial charge in [-0.3, -0.25) is 4.79 Å². The third-order valence-electron chi connectivity index (χ3n) is 4.06. The number of aliphatic carboxylic acids is 1. The normalized spacial score (nSPS) is 16.8. The first-order valence-electron chi connectivity index (χ1n) is 7.80. The molecule has 0 radical (unpaired) electrons. The van der Waals surface area contributed by atoms with E-state index >= 15 is 0 Å². The Morgan fingerprint density at radius 1 is 1.24 bits per heavy atom. The van der Waals surface area contributed by atoms with Gasteiger partial charge in [-0.25, -0.2) is 4.79 Å². The average molecular weight is 293 g/mol. The molecule has 1 aliphatic carbocycles. The lowest BCUT2D eigenvalue weighted by atomic mass is 9.88. The van der Waals surface area contributed by atoms with Crippen LogP contribution in [0, 0.1) is 5.92 Å². The number of hydrogen-bond donors (Lipinski definition) is 2. The minimum absolute atomic E-state index is 0.00277. The van der Waals surface area contributed by atoms with Crippen molar-refractivity contribution in [1.29, 1.82) is 0 Å². The third-order valence-corrected chi connectivity index (χ3v) is 4.06. The highest BCUT2D eigenvalue weighted by molar-refractivity contribution is 5.93. The van der Waals surface area contributed by atoms with E-state index < -0.39 is 5.97 Å². The molecule has 2 N–H and O–H groups in total. The first-order valence-corrected chi connectivity index (χ1v) is 7.80. The van der Waals surface area contributed by atoms with E-state index in [9.17, 15) is 14.7 Å². The molecule has 0 aromatic carbocycles. The van der Waals surface area contributed by atoms with E-state index in [2.05, 4.69) is 5.32 Å². The van der Waals surface area contributed by atoms with E-state index in [1.807, 2.05) is 27.7 Å². The molecule has 0 spiro atoms. The first-order chi connectivity index (χ1) is 9.88. The van der Waals surface area contributed by atoms with E-state index in [0.717, 1.165) is 48.9 Å². The highest BCUT2D eigenvalue weighted by Gasteiger charge is 2.23. The molecular formula is C17H27NO3. The lowest BCUT2D eigenvalue weighted by Crippen LogP contribution is -2.28. The summed E-state index contributed by atoms with van der Waals surface area (Å²) in [5.41, 5.74) is 3.18. The Morgan fingerprint density at radius 2 is 1.86 bits per heavy atom. The van der Waals surface area contributed by atoms with Crippen LogP contribution in [0.25, 0.3) is 0 Å². The molecule has 0 aliphatic heterocycles. The molecule has 0 aromatic rings. The number of carboxylic acids is 1. The number of nitrogens with one attached hydrogen (secondary N) is 1. The van der Waals surface area contributed by atoms with Gasteiger partial charge in [0.15, 0.2) is 5.78 Å². The summed E-state index contributed by atoms with van der Waals surface area (Å²) >= 11 is 0. The van der Waals surface area contributed by atoms with Gasteiger partial charge in [0.2, 0.25) is 0 Å². The number of carboxylic acid groups (broad SMARTS) is 1. The lowest BCUT2D eigenvalue weighted by Gasteiger charge is -2.23. The van der Waals surface area contributed by atoms with Crippen molar-refractivity contribution in [2.24, 2.45) is 5.92 Å². The number of ketones is 1. The van der Waals surface area contributed by atoms with E-state index in [1.54, 1.807) is 0 Å². The van der Waals surface area contributed by atoms with Crippen molar-refractivity contribution in [3.05, 3.63) is 22.4 Å². The monoisotopic (exact) mass is 293 g/mol. The molecule has 0 fully saturated rings. The second-order valence-electron chi connectivity index (χ2n) is 5.95. The van der Waals surface area contributed by atoms with Crippen LogP contribution >= 0.6 is 0 Å². The van der Waals surface area contributed by atoms with Crippen LogP contribution in [0.1, 0.15) is 59.8 Å². The van der Waals surface area contributed by atoms with E-state index in [1.165, 1.54) is 0 Å². The van der Waals surface area contributed by atoms with Crippen molar-refractivity contribution >= 4 is 11.8 Å². The van der Waals surface area contributed by atoms with Crippen LogP contribution in [0.2, 0.25) is 0 Å². The molecule has 1 aliphatic rings. The van der Waals surface area contributed by atoms with Crippen molar-refractivity contribution in [3.63, 3.8) is 0 Å². The maximum Gasteiger partial charge on any atom is 0.335 e. The predicted molar refractivity (Wildman–Crippen MR) is 84.0 cm³/mol. The maximum absolute atomic E-state index is 11.8. The Kier molecular flexibility index (Phi) is 6.66. The molecule has 0 saturated heterocycles. The Bertz CT molecular complexity index is 472. The summed E-state index contributed by atoms with van der Waals surface area (Å²) < 4.78 is 0. The van der Waals surface area contributed by atoms with Crippen molar-refractivity contribution in [3.8, 4) is 0 Å². The van der Waals surface area contributed by atoms with Crippen LogP contribution < -0.4 is 5.32 Å². The number of carbonyl (C=O) groups is 2. The molecule has 4 heteroatoms. The van der Waals surface area contributed by atoms with Gasteiger partial charge in [0.05, 0.1) is 12.1 Å². The third kappa shape index (κ3) is 4.73. The fourth-order valence-corrected chi connectivity index (χ4v) is 2.52. The van der Waals surface area contributed by atoms with E-state index in [0.29, 0.717) is 5.57 Å². The quantitative estimate of drug-likeness (QED) is 0.706. The minimum Gasteiger partial charge on any atom is -0.478 e. The highest BCUT2D eigenvalue weighted by Crippen LogP contribution is 2.31. The van der Waals surface area contributed by atoms with Gasteiger partial charge in [-0.1, -0.05) is 26.3 Å². The molecule has 4 nitrogen and oxygen atoms in total. The molecule has 0 aromatic heterocycles. The van der Waals surface area contributed by atoms with Crippen LogP contribution in [0.15, 0.2) is 22.4 Å². The first kappa shape index (κ1) is 17.5. The van der Waals surface area contributed by atoms with Crippen molar-refractivity contribution in [1.82, 2.24) is 5.32 Å². The molecule has 21 heavy (non-hydrogen) atoms. The molecule has 1 rings (SSSR count). The molecule has 0 heterocycles. The maximum atomic E-state index is 11.8. The molecule has 0 unspecified atom stereocenters. The summed E-state index contributed by atoms with van der Waals surface area (Å²) in [7, 11) is 0. The summed E-state index contributed by atoms with van der Waals surface area (Å²) in [6, 6.07) is 0. The number of Topliss-reactive ketones (excluding diaryl/α,β-unsaturated/α-hetero) is 1. The summed E-state index contributed by atoms with van der Waals surface area (Å²) in [4.78, 5) is 23.4. The Hall–Kier alpha value is -1.58. The number of allylic oxidation sites excluding steroid dienone is 2. The SMILES string of the molecule is CCC(C)=C(C(=O)O)C1=C(NCC(=O)C(C)C)CCCC1. The summed E-state index contributed by atoms with van der Waals surface area (Å²) in [5.74, 6) is -0.710. The summed E-state index contributed by atoms with van der Waals surface area (Å²) in [6.45, 7) is 7.89. The molecule has 0 saturated carbocycles. The Morgan fingerprint density at radius 3 is 2.38 bits per heavy atom. The van der Waals surface area contributed by atoms with Gasteiger partial charge < -0.3 is 10.4 Å². The fourth-order valence-electron chi connectivity index (χ4n) is 2.52. The van der Waals surface area contributed by atoms with Crippen LogP contribution in [0.3, 0.4) is 0 Å². The second kappa shape index (κ2) is 8.01. The van der Waals surface area contributed by atoms with Crippen LogP contribution in [0.5, 0.6) is 0 Å². The summed E-state index contributed by atoms with van der Waals surface area (Å²) in [6.07, 6.45) is 4.38. The van der Waals surface area contributed by atoms with Crippen LogP contribution in [0.4, 0.5) is 0 Å². The standard InChI is InChI=1S/C17H27NO3/c1-5-12(4)16(17(20)21)13-8-6-7-9-14(13)18-10-15(19)11(2)3/h11,18H,5-10H2,1-4H3,(H,20,21). The predicted octanol–water partition coefficient (Wildman–Crippen LogP) is 3.44. The van der Waals surface area contributed by atoms with Gasteiger partial charge in [0.25, 0.3) is 0 Å². The largest absolute Gasteiger partial charge is 0.478 e. The van der Waals surface area contributed by atoms with E-state index in [4.69, 9.17) is 0 Å². The van der Waals surface area contributed by atoms with Crippen LogP contribution in [-0.2, 0) is 9.59 Å². The molecule has 0 amide bonds. The van der Waals surface area contributed by atoms with E-state index in [-0.39, 0.29) is 18.2 Å². The molecule has 0 bridgehead atoms. The number of hydrogen-bond acceptors (Lipinski definition) is 3. The van der Waals surface area contributed by atoms with Gasteiger partial charge in [-0.15, -0.1) is 0 Å². The van der Waals surface area contributed by atoms with Crippen LogP contribution in [-0.4, -0.2) is 23.4 Å². The van der Waals surface area contributed by atoms with Crippen molar-refractivity contribution in [2.75, 3.05) is 6.54 Å². The smallest absolute Gasteiger partial charge is 0.335 e. The lowest BCUT2D eigenvalue weighted by molar-refractivity contribution is -0.132. The minimum atomic E-state index is -0.860. The summed E-state index contributed by atoms with van der Waals surface area (Å²) in [5, 5.41) is 12.7. The van der Waals surface area contributed by atoms with Gasteiger partial charge in [0, 0.05) is 11.6 Å². The van der Waals surface area contributed by atoms with Crippen molar-refractivity contribution in [2.45, 2.75) is 59.8 Å². The highest BCUT2D eigenvalue weighted by atomic mass is 16.4. The average Bonchev–Trinajstić information content (AvgIpc) is 2.45. The zero-order chi connectivity index (χ0) is 16.0. The second-order valence-corrected chi connectivity index (χ2v) is 5.95. The fraction of sp³-hybridized carbons (Fsp3) is 0.647. The Labute approximate surface area is 127 Å². The number of carbonyl (C=O) groups excluding carboxylic acids is 1. The molecule has 0 atom stereocenters. The molecule has 118 valence electrons. The van der Waals surface area contributed by atoms with Gasteiger partial charge in [0.1, 0.15) is 0 Å². The zero-order valence-electron chi connectivity index (χ0n) is 13.6. The topological polar surface area (TPSA) is 66.4 Å². The zero-order valence-corrected chi connectivity index (χ0v) is 13.6. The van der Waals surface area contributed by atoms with Gasteiger partial charge in [-0.2, -0.15) is 0 Å². The Balaban J connectivity index is 3.07.